The highest BCUT2D eigenvalue weighted by molar-refractivity contribution is 9.10. The highest BCUT2D eigenvalue weighted by atomic mass is 79.9. The van der Waals surface area contributed by atoms with Crippen LogP contribution in [-0.2, 0) is 11.2 Å². The predicted octanol–water partition coefficient (Wildman–Crippen LogP) is 5.23. The Labute approximate surface area is 159 Å². The first kappa shape index (κ1) is 17.5. The van der Waals surface area contributed by atoms with Crippen molar-refractivity contribution in [3.05, 3.63) is 68.1 Å². The molecule has 0 bridgehead atoms. The Morgan fingerprint density at radius 3 is 2.46 bits per heavy atom. The van der Waals surface area contributed by atoms with Crippen LogP contribution in [0.4, 0.5) is 0 Å². The summed E-state index contributed by atoms with van der Waals surface area (Å²) >= 11 is 15.3. The Kier molecular flexibility index (Phi) is 5.59. The largest absolute Gasteiger partial charge is 0.273 e. The minimum absolute atomic E-state index is 0.177. The summed E-state index contributed by atoms with van der Waals surface area (Å²) in [6.45, 7) is 0. The van der Waals surface area contributed by atoms with E-state index in [9.17, 15) is 4.79 Å². The van der Waals surface area contributed by atoms with Gasteiger partial charge in [0.25, 0.3) is 0 Å². The van der Waals surface area contributed by atoms with Gasteiger partial charge in [0, 0.05) is 10.4 Å². The van der Waals surface area contributed by atoms with Gasteiger partial charge in [-0.25, -0.2) is 5.43 Å². The van der Waals surface area contributed by atoms with E-state index < -0.39 is 0 Å². The van der Waals surface area contributed by atoms with Crippen molar-refractivity contribution in [2.24, 2.45) is 11.0 Å². The summed E-state index contributed by atoms with van der Waals surface area (Å²) in [5.74, 6) is 0.250. The Hall–Kier alpha value is -1.36. The van der Waals surface area contributed by atoms with Crippen LogP contribution in [-0.4, -0.2) is 11.6 Å². The average molecular weight is 426 g/mol. The summed E-state index contributed by atoms with van der Waals surface area (Å²) in [6, 6.07) is 13.1. The second kappa shape index (κ2) is 7.68. The molecule has 1 aliphatic carbocycles. The lowest BCUT2D eigenvalue weighted by atomic mass is 10.1. The molecule has 0 radical (unpaired) electrons. The first-order chi connectivity index (χ1) is 11.5. The number of hydrogen-bond acceptors (Lipinski definition) is 2. The van der Waals surface area contributed by atoms with Crippen LogP contribution in [0.5, 0.6) is 0 Å². The Balaban J connectivity index is 1.68. The maximum Gasteiger partial charge on any atom is 0.244 e. The molecule has 1 saturated carbocycles. The van der Waals surface area contributed by atoms with Gasteiger partial charge < -0.3 is 0 Å². The van der Waals surface area contributed by atoms with Crippen molar-refractivity contribution < 1.29 is 4.79 Å². The topological polar surface area (TPSA) is 41.5 Å². The Bertz CT molecular complexity index is 786. The van der Waals surface area contributed by atoms with Crippen LogP contribution in [0.25, 0.3) is 0 Å². The normalized spacial score (nSPS) is 14.5. The lowest BCUT2D eigenvalue weighted by Gasteiger charge is -2.07. The smallest absolute Gasteiger partial charge is 0.244 e. The zero-order valence-electron chi connectivity index (χ0n) is 12.7. The van der Waals surface area contributed by atoms with Crippen molar-refractivity contribution in [2.45, 2.75) is 19.3 Å². The van der Waals surface area contributed by atoms with E-state index in [1.807, 2.05) is 24.3 Å². The average Bonchev–Trinajstić information content (AvgIpc) is 3.38. The maximum atomic E-state index is 12.1. The molecule has 2 aromatic rings. The standard InChI is InChI=1S/C18H15BrCl2N2O/c19-14-6-4-13(5-7-14)18(12-2-3-12)23-22-17(24)10-11-1-8-15(20)16(21)9-11/h1,4-9,12H,2-3,10H2,(H,22,24)/b23-18-. The van der Waals surface area contributed by atoms with E-state index in [-0.39, 0.29) is 12.3 Å². The first-order valence-electron chi connectivity index (χ1n) is 7.59. The van der Waals surface area contributed by atoms with Crippen molar-refractivity contribution in [1.82, 2.24) is 5.43 Å². The van der Waals surface area contributed by atoms with E-state index in [0.717, 1.165) is 34.2 Å². The van der Waals surface area contributed by atoms with Crippen molar-refractivity contribution in [3.63, 3.8) is 0 Å². The number of rotatable bonds is 5. The number of amides is 1. The van der Waals surface area contributed by atoms with Crippen molar-refractivity contribution >= 4 is 50.8 Å². The van der Waals surface area contributed by atoms with Gasteiger partial charge >= 0.3 is 0 Å². The van der Waals surface area contributed by atoms with Crippen LogP contribution in [0.1, 0.15) is 24.0 Å². The van der Waals surface area contributed by atoms with Gasteiger partial charge in [-0.1, -0.05) is 57.3 Å². The van der Waals surface area contributed by atoms with Crippen molar-refractivity contribution in [3.8, 4) is 0 Å². The van der Waals surface area contributed by atoms with Crippen molar-refractivity contribution in [1.29, 1.82) is 0 Å². The number of hydrogen-bond donors (Lipinski definition) is 1. The molecule has 24 heavy (non-hydrogen) atoms. The first-order valence-corrected chi connectivity index (χ1v) is 9.14. The highest BCUT2D eigenvalue weighted by Gasteiger charge is 2.29. The van der Waals surface area contributed by atoms with E-state index in [0.29, 0.717) is 16.0 Å². The fourth-order valence-electron chi connectivity index (χ4n) is 2.37. The third-order valence-electron chi connectivity index (χ3n) is 3.75. The van der Waals surface area contributed by atoms with Crippen molar-refractivity contribution in [2.75, 3.05) is 0 Å². The Morgan fingerprint density at radius 1 is 1.12 bits per heavy atom. The molecule has 0 aromatic heterocycles. The molecule has 0 heterocycles. The molecule has 1 amide bonds. The number of benzene rings is 2. The number of hydrazone groups is 1. The quantitative estimate of drug-likeness (QED) is 0.517. The van der Waals surface area contributed by atoms with Gasteiger partial charge in [-0.15, -0.1) is 0 Å². The third-order valence-corrected chi connectivity index (χ3v) is 5.02. The van der Waals surface area contributed by atoms with Gasteiger partial charge in [0.1, 0.15) is 0 Å². The molecule has 124 valence electrons. The monoisotopic (exact) mass is 424 g/mol. The molecular weight excluding hydrogens is 411 g/mol. The number of carbonyl (C=O) groups is 1. The van der Waals surface area contributed by atoms with Crippen LogP contribution in [0.15, 0.2) is 52.0 Å². The molecule has 0 atom stereocenters. The SMILES string of the molecule is O=C(Cc1ccc(Cl)c(Cl)c1)N/N=C(\c1ccc(Br)cc1)C1CC1. The summed E-state index contributed by atoms with van der Waals surface area (Å²) in [7, 11) is 0. The molecule has 1 N–H and O–H groups in total. The fraction of sp³-hybridized carbons (Fsp3) is 0.222. The predicted molar refractivity (Wildman–Crippen MR) is 102 cm³/mol. The van der Waals surface area contributed by atoms with Gasteiger partial charge in [0.05, 0.1) is 22.2 Å². The van der Waals surface area contributed by atoms with Gasteiger partial charge in [-0.05, 0) is 48.2 Å². The van der Waals surface area contributed by atoms with Gasteiger partial charge in [0.15, 0.2) is 0 Å². The molecule has 2 aromatic carbocycles. The maximum absolute atomic E-state index is 12.1. The van der Waals surface area contributed by atoms with E-state index in [1.165, 1.54) is 0 Å². The summed E-state index contributed by atoms with van der Waals surface area (Å²) in [6.07, 6.45) is 2.42. The van der Waals surface area contributed by atoms with E-state index in [1.54, 1.807) is 18.2 Å². The molecule has 0 saturated heterocycles. The van der Waals surface area contributed by atoms with Gasteiger partial charge in [-0.3, -0.25) is 4.79 Å². The summed E-state index contributed by atoms with van der Waals surface area (Å²) in [5, 5.41) is 5.28. The molecular formula is C18H15BrCl2N2O. The van der Waals surface area contributed by atoms with Crippen LogP contribution in [0.2, 0.25) is 10.0 Å². The highest BCUT2D eigenvalue weighted by Crippen LogP contribution is 2.33. The van der Waals surface area contributed by atoms with Crippen LogP contribution in [0.3, 0.4) is 0 Å². The minimum atomic E-state index is -0.177. The number of carbonyl (C=O) groups excluding carboxylic acids is 1. The molecule has 0 spiro atoms. The molecule has 1 fully saturated rings. The van der Waals surface area contributed by atoms with E-state index in [2.05, 4.69) is 26.5 Å². The lowest BCUT2D eigenvalue weighted by molar-refractivity contribution is -0.120. The number of nitrogens with one attached hydrogen (secondary N) is 1. The zero-order chi connectivity index (χ0) is 17.1. The number of nitrogens with zero attached hydrogens (tertiary/aromatic N) is 1. The summed E-state index contributed by atoms with van der Waals surface area (Å²) < 4.78 is 1.02. The van der Waals surface area contributed by atoms with E-state index >= 15 is 0 Å². The fourth-order valence-corrected chi connectivity index (χ4v) is 2.95. The van der Waals surface area contributed by atoms with E-state index in [4.69, 9.17) is 23.2 Å². The minimum Gasteiger partial charge on any atom is -0.273 e. The third kappa shape index (κ3) is 4.59. The molecule has 3 rings (SSSR count). The number of halogens is 3. The van der Waals surface area contributed by atoms with Gasteiger partial charge in [-0.2, -0.15) is 5.10 Å². The van der Waals surface area contributed by atoms with Crippen LogP contribution >= 0.6 is 39.1 Å². The Morgan fingerprint density at radius 2 is 1.83 bits per heavy atom. The van der Waals surface area contributed by atoms with Crippen LogP contribution < -0.4 is 5.43 Å². The second-order valence-electron chi connectivity index (χ2n) is 5.74. The molecule has 0 aliphatic heterocycles. The van der Waals surface area contributed by atoms with Crippen LogP contribution in [0, 0.1) is 5.92 Å². The molecule has 6 heteroatoms. The summed E-state index contributed by atoms with van der Waals surface area (Å²) in [4.78, 5) is 12.1. The molecule has 1 aliphatic rings. The second-order valence-corrected chi connectivity index (χ2v) is 7.47. The molecule has 0 unspecified atom stereocenters. The lowest BCUT2D eigenvalue weighted by Crippen LogP contribution is -2.22. The molecule has 3 nitrogen and oxygen atoms in total. The van der Waals surface area contributed by atoms with Gasteiger partial charge in [0.2, 0.25) is 5.91 Å². The summed E-state index contributed by atoms with van der Waals surface area (Å²) in [5.41, 5.74) is 5.43. The zero-order valence-corrected chi connectivity index (χ0v) is 15.8.